The number of amides is 1. The fourth-order valence-electron chi connectivity index (χ4n) is 4.56. The number of carbonyl (C=O) groups is 1. The van der Waals surface area contributed by atoms with Gasteiger partial charge in [-0.15, -0.1) is 17.5 Å². The molecule has 0 radical (unpaired) electrons. The normalized spacial score (nSPS) is 29.6. The number of carbonyl (C=O) groups excluding carboxylic acids is 1. The predicted molar refractivity (Wildman–Crippen MR) is 99.8 cm³/mol. The van der Waals surface area contributed by atoms with Crippen LogP contribution in [0.4, 0.5) is 5.82 Å². The lowest BCUT2D eigenvalue weighted by Crippen LogP contribution is -2.49. The van der Waals surface area contributed by atoms with E-state index in [2.05, 4.69) is 25.7 Å². The van der Waals surface area contributed by atoms with E-state index in [1.165, 1.54) is 25.7 Å². The lowest BCUT2D eigenvalue weighted by atomic mass is 9.85. The number of nitrogens with zero attached hydrogens (tertiary/aromatic N) is 3. The van der Waals surface area contributed by atoms with E-state index in [-0.39, 0.29) is 18.4 Å². The molecule has 2 N–H and O–H groups in total. The lowest BCUT2D eigenvalue weighted by Gasteiger charge is -2.34. The molecule has 3 fully saturated rings. The first-order valence-electron chi connectivity index (χ1n) is 9.38. The summed E-state index contributed by atoms with van der Waals surface area (Å²) >= 11 is 0. The van der Waals surface area contributed by atoms with Crippen molar-refractivity contribution in [2.24, 2.45) is 5.92 Å². The van der Waals surface area contributed by atoms with Gasteiger partial charge in [-0.2, -0.15) is 5.10 Å². The summed E-state index contributed by atoms with van der Waals surface area (Å²) in [7, 11) is 0. The van der Waals surface area contributed by atoms with Crippen molar-refractivity contribution in [2.45, 2.75) is 63.1 Å². The highest BCUT2D eigenvalue weighted by Crippen LogP contribution is 2.34. The van der Waals surface area contributed by atoms with Gasteiger partial charge in [-0.25, -0.2) is 0 Å². The van der Waals surface area contributed by atoms with E-state index in [0.29, 0.717) is 18.0 Å². The summed E-state index contributed by atoms with van der Waals surface area (Å²) in [5, 5.41) is 15.0. The third kappa shape index (κ3) is 4.23. The van der Waals surface area contributed by atoms with E-state index < -0.39 is 0 Å². The fourth-order valence-corrected chi connectivity index (χ4v) is 4.56. The Morgan fingerprint density at radius 1 is 1.20 bits per heavy atom. The Morgan fingerprint density at radius 2 is 2.00 bits per heavy atom. The summed E-state index contributed by atoms with van der Waals surface area (Å²) in [6, 6.07) is 4.85. The molecule has 2 aliphatic heterocycles. The summed E-state index contributed by atoms with van der Waals surface area (Å²) in [5.41, 5.74) is 0. The van der Waals surface area contributed by atoms with Crippen LogP contribution in [-0.2, 0) is 4.79 Å². The number of fused-ring (bicyclic) bond motifs is 1. The molecule has 0 spiro atoms. The summed E-state index contributed by atoms with van der Waals surface area (Å²) in [6.45, 7) is 1.68. The molecule has 1 saturated carbocycles. The lowest BCUT2D eigenvalue weighted by molar-refractivity contribution is -0.134. The second-order valence-electron chi connectivity index (χ2n) is 7.46. The van der Waals surface area contributed by atoms with Crippen LogP contribution in [0.25, 0.3) is 0 Å². The van der Waals surface area contributed by atoms with Crippen LogP contribution in [0.2, 0.25) is 0 Å². The Hall–Kier alpha value is -1.40. The van der Waals surface area contributed by atoms with Crippen LogP contribution < -0.4 is 10.6 Å². The number of piperidine rings is 1. The maximum atomic E-state index is 12.8. The predicted octanol–water partition coefficient (Wildman–Crippen LogP) is 2.22. The molecule has 7 heteroatoms. The zero-order valence-electron chi connectivity index (χ0n) is 14.6. The molecule has 3 unspecified atom stereocenters. The van der Waals surface area contributed by atoms with Crippen LogP contribution in [0.15, 0.2) is 18.3 Å². The molecular weight excluding hydrogens is 338 g/mol. The Bertz CT molecular complexity index is 550. The van der Waals surface area contributed by atoms with Gasteiger partial charge in [0, 0.05) is 31.4 Å². The zero-order valence-corrected chi connectivity index (χ0v) is 15.4. The minimum absolute atomic E-state index is 0. The number of halogens is 1. The molecule has 3 aliphatic rings. The number of hydrogen-bond donors (Lipinski definition) is 2. The summed E-state index contributed by atoms with van der Waals surface area (Å²) in [5.74, 6) is 1.87. The highest BCUT2D eigenvalue weighted by molar-refractivity contribution is 5.85. The number of anilines is 1. The van der Waals surface area contributed by atoms with Crippen LogP contribution >= 0.6 is 12.4 Å². The number of aromatic nitrogens is 2. The maximum absolute atomic E-state index is 12.8. The first-order valence-corrected chi connectivity index (χ1v) is 9.38. The van der Waals surface area contributed by atoms with E-state index >= 15 is 0 Å². The van der Waals surface area contributed by atoms with E-state index in [0.717, 1.165) is 44.1 Å². The minimum Gasteiger partial charge on any atom is -0.366 e. The molecule has 1 amide bonds. The largest absolute Gasteiger partial charge is 0.366 e. The van der Waals surface area contributed by atoms with Crippen molar-refractivity contribution < 1.29 is 4.79 Å². The zero-order chi connectivity index (χ0) is 16.4. The Morgan fingerprint density at radius 3 is 2.72 bits per heavy atom. The van der Waals surface area contributed by atoms with Crippen molar-refractivity contribution in [3.63, 3.8) is 0 Å². The van der Waals surface area contributed by atoms with Crippen LogP contribution in [0.5, 0.6) is 0 Å². The van der Waals surface area contributed by atoms with E-state index in [4.69, 9.17) is 0 Å². The third-order valence-corrected chi connectivity index (χ3v) is 5.89. The van der Waals surface area contributed by atoms with Crippen molar-refractivity contribution in [1.82, 2.24) is 20.4 Å². The molecular formula is C18H28ClN5O. The fraction of sp³-hybridized carbons (Fsp3) is 0.722. The topological polar surface area (TPSA) is 70.2 Å². The van der Waals surface area contributed by atoms with Crippen molar-refractivity contribution in [3.05, 3.63) is 18.3 Å². The van der Waals surface area contributed by atoms with Gasteiger partial charge in [0.25, 0.3) is 0 Å². The monoisotopic (exact) mass is 365 g/mol. The van der Waals surface area contributed by atoms with Gasteiger partial charge in [-0.3, -0.25) is 4.79 Å². The molecule has 1 aromatic rings. The molecule has 25 heavy (non-hydrogen) atoms. The number of hydrogen-bond acceptors (Lipinski definition) is 5. The minimum atomic E-state index is 0. The Kier molecular flexibility index (Phi) is 6.12. The highest BCUT2D eigenvalue weighted by Gasteiger charge is 2.40. The van der Waals surface area contributed by atoms with Crippen molar-refractivity contribution in [2.75, 3.05) is 18.4 Å². The second kappa shape index (κ2) is 8.32. The van der Waals surface area contributed by atoms with Gasteiger partial charge in [-0.05, 0) is 50.2 Å². The maximum Gasteiger partial charge on any atom is 0.239 e. The Labute approximate surface area is 155 Å². The van der Waals surface area contributed by atoms with E-state index in [9.17, 15) is 4.79 Å². The van der Waals surface area contributed by atoms with Crippen LogP contribution in [0, 0.1) is 5.92 Å². The number of nitrogens with one attached hydrogen (secondary N) is 2. The Balaban J connectivity index is 0.00000182. The van der Waals surface area contributed by atoms with Crippen LogP contribution in [0.3, 0.4) is 0 Å². The van der Waals surface area contributed by atoms with Gasteiger partial charge in [0.1, 0.15) is 5.82 Å². The van der Waals surface area contributed by atoms with E-state index in [1.54, 1.807) is 6.20 Å². The summed E-state index contributed by atoms with van der Waals surface area (Å²) in [6.07, 6.45) is 9.87. The number of rotatable bonds is 3. The van der Waals surface area contributed by atoms with E-state index in [1.807, 2.05) is 12.1 Å². The van der Waals surface area contributed by atoms with Gasteiger partial charge in [0.2, 0.25) is 5.91 Å². The van der Waals surface area contributed by atoms with Gasteiger partial charge < -0.3 is 15.5 Å². The quantitative estimate of drug-likeness (QED) is 0.859. The molecule has 2 saturated heterocycles. The van der Waals surface area contributed by atoms with Gasteiger partial charge >= 0.3 is 0 Å². The average molecular weight is 366 g/mol. The molecule has 3 heterocycles. The summed E-state index contributed by atoms with van der Waals surface area (Å²) < 4.78 is 0. The second-order valence-corrected chi connectivity index (χ2v) is 7.46. The molecule has 138 valence electrons. The molecule has 0 bridgehead atoms. The molecule has 4 rings (SSSR count). The molecule has 0 aromatic carbocycles. The van der Waals surface area contributed by atoms with Crippen molar-refractivity contribution in [3.8, 4) is 0 Å². The van der Waals surface area contributed by atoms with Crippen LogP contribution in [-0.4, -0.2) is 52.2 Å². The molecule has 1 aromatic heterocycles. The molecule has 6 nitrogen and oxygen atoms in total. The van der Waals surface area contributed by atoms with Crippen molar-refractivity contribution in [1.29, 1.82) is 0 Å². The highest BCUT2D eigenvalue weighted by atomic mass is 35.5. The summed E-state index contributed by atoms with van der Waals surface area (Å²) in [4.78, 5) is 14.9. The molecule has 1 aliphatic carbocycles. The first-order chi connectivity index (χ1) is 11.8. The standard InChI is InChI=1S/C18H27N5O.ClH/c24-18(16-12-13-4-1-2-5-15(13)21-16)23-10-7-14(8-11-23)20-17-6-3-9-19-22-17;/h3,6,9,13-16,21H,1-2,4-5,7-8,10-12H2,(H,20,22);1H. The van der Waals surface area contributed by atoms with Crippen molar-refractivity contribution >= 4 is 24.1 Å². The number of likely N-dealkylation sites (tertiary alicyclic amines) is 1. The van der Waals surface area contributed by atoms with Gasteiger partial charge in [0.15, 0.2) is 0 Å². The third-order valence-electron chi connectivity index (χ3n) is 5.89. The van der Waals surface area contributed by atoms with Gasteiger partial charge in [0.05, 0.1) is 6.04 Å². The average Bonchev–Trinajstić information content (AvgIpc) is 3.07. The molecule has 3 atom stereocenters. The first kappa shape index (κ1) is 18.4. The van der Waals surface area contributed by atoms with Crippen LogP contribution in [0.1, 0.15) is 44.9 Å². The SMILES string of the molecule is Cl.O=C(C1CC2CCCCC2N1)N1CCC(Nc2cccnn2)CC1. The smallest absolute Gasteiger partial charge is 0.239 e. The van der Waals surface area contributed by atoms with Gasteiger partial charge in [-0.1, -0.05) is 12.8 Å².